The number of rotatable bonds is 45. The molecule has 4 aliphatic heterocycles. The monoisotopic (exact) mass is 1490 g/mol. The Morgan fingerprint density at radius 3 is 1.07 bits per heavy atom. The fourth-order valence-electron chi connectivity index (χ4n) is 11.4. The molecule has 4 saturated heterocycles. The van der Waals surface area contributed by atoms with Gasteiger partial charge in [-0.25, -0.2) is 0 Å². The van der Waals surface area contributed by atoms with Crippen LogP contribution >= 0.6 is 0 Å². The molecule has 0 radical (unpaired) electrons. The Morgan fingerprint density at radius 1 is 0.435 bits per heavy atom. The van der Waals surface area contributed by atoms with Crippen molar-refractivity contribution in [3.63, 3.8) is 0 Å². The quantitative estimate of drug-likeness (QED) is 0.0232. The number of ether oxygens (including phenoxy) is 8. The first-order chi connectivity index (χ1) is 44.5. The molecule has 4 aliphatic rings. The van der Waals surface area contributed by atoms with Crippen LogP contribution in [0.4, 0.5) is 0 Å². The minimum atomic E-state index is -2.83. The standard InChI is InChI=1S/C43H72O10Si2.C30H36O4.2O.Pt/c1-10-17-20-34-27-37(23-24-41(34)46-32-39-30-44-39)43(8,9)38-28-35(21-18-25-54(48-11-2,49-12-3)50-13-4)42(47-33-40-31-45-40)36(29-38)22-19-26-55(51-14-5,52-15-6)53-16-7;1-6-9-21-14-24(12-13-28(21)33-19-26-17-31-26)30(4,5)25-15-22(10-7-2)29(23(16-25)11-8-3)34-20-27-18-32-27;;;/h23-24,27-29,39-40H,10-22,25-26,30-33H2,1-9H3;6-8,12-16,26-27H,1-3,9-11,17-20H2,4-5H3;;;. The van der Waals surface area contributed by atoms with Gasteiger partial charge in [0.05, 0.1) is 26.4 Å². The predicted octanol–water partition coefficient (Wildman–Crippen LogP) is 14.4. The van der Waals surface area contributed by atoms with Crippen molar-refractivity contribution in [2.24, 2.45) is 0 Å². The molecular weight excluding hydrogens is 1380 g/mol. The summed E-state index contributed by atoms with van der Waals surface area (Å²) in [6.45, 7) is 44.1. The van der Waals surface area contributed by atoms with Gasteiger partial charge in [-0.1, -0.05) is 108 Å². The summed E-state index contributed by atoms with van der Waals surface area (Å²) in [7, 11) is -5.65. The summed E-state index contributed by atoms with van der Waals surface area (Å²) >= 11 is -1.92. The number of allylic oxidation sites excluding steroid dienone is 3. The van der Waals surface area contributed by atoms with Crippen LogP contribution in [0.5, 0.6) is 23.0 Å². The normalized spacial score (nSPS) is 17.4. The zero-order valence-electron chi connectivity index (χ0n) is 57.2. The van der Waals surface area contributed by atoms with Crippen molar-refractivity contribution < 1.29 is 89.7 Å². The molecule has 0 N–H and O–H groups in total. The fraction of sp³-hybridized carbons (Fsp3) is 0.589. The number of hydrogen-bond donors (Lipinski definition) is 0. The van der Waals surface area contributed by atoms with E-state index in [1.54, 1.807) is 0 Å². The second-order valence-corrected chi connectivity index (χ2v) is 30.4. The summed E-state index contributed by atoms with van der Waals surface area (Å²) < 4.78 is 101. The molecule has 0 bridgehead atoms. The first kappa shape index (κ1) is 76.6. The van der Waals surface area contributed by atoms with Gasteiger partial charge in [0, 0.05) is 62.6 Å². The zero-order chi connectivity index (χ0) is 66.6. The Kier molecular flexibility index (Phi) is 32.5. The van der Waals surface area contributed by atoms with E-state index in [9.17, 15) is 0 Å². The van der Waals surface area contributed by atoms with E-state index in [1.807, 2.05) is 59.8 Å². The van der Waals surface area contributed by atoms with E-state index in [4.69, 9.17) is 71.2 Å². The molecule has 8 rings (SSSR count). The second-order valence-electron chi connectivity index (χ2n) is 24.5. The third kappa shape index (κ3) is 23.8. The van der Waals surface area contributed by atoms with E-state index < -0.39 is 36.1 Å². The Hall–Kier alpha value is -4.38. The third-order valence-electron chi connectivity index (χ3n) is 16.7. The molecule has 0 aliphatic carbocycles. The molecule has 4 aromatic carbocycles. The summed E-state index contributed by atoms with van der Waals surface area (Å²) in [4.78, 5) is 0. The topological polar surface area (TPSA) is 177 Å². The van der Waals surface area contributed by atoms with Crippen LogP contribution in [0.3, 0.4) is 0 Å². The van der Waals surface area contributed by atoms with Gasteiger partial charge in [-0.15, -0.1) is 19.7 Å². The molecular formula is C73H108O16PtSi2. The molecule has 92 heavy (non-hydrogen) atoms. The van der Waals surface area contributed by atoms with Crippen molar-refractivity contribution in [3.8, 4) is 23.0 Å². The molecule has 4 aromatic rings. The molecule has 0 aromatic heterocycles. The van der Waals surface area contributed by atoms with Crippen molar-refractivity contribution in [2.75, 3.05) is 92.5 Å². The number of benzene rings is 4. The van der Waals surface area contributed by atoms with Crippen LogP contribution in [-0.4, -0.2) is 135 Å². The number of hydrogen-bond acceptors (Lipinski definition) is 16. The molecule has 4 fully saturated rings. The van der Waals surface area contributed by atoms with Crippen LogP contribution in [0.15, 0.2) is 98.6 Å². The summed E-state index contributed by atoms with van der Waals surface area (Å²) in [5, 5.41) is 0. The molecule has 0 spiro atoms. The van der Waals surface area contributed by atoms with Gasteiger partial charge in [-0.2, -0.15) is 0 Å². The van der Waals surface area contributed by atoms with Gasteiger partial charge < -0.3 is 64.5 Å². The number of aryl methyl sites for hydroxylation is 3. The van der Waals surface area contributed by atoms with Crippen molar-refractivity contribution in [2.45, 2.75) is 188 Å². The second kappa shape index (κ2) is 39.0. The zero-order valence-corrected chi connectivity index (χ0v) is 61.4. The van der Waals surface area contributed by atoms with Crippen LogP contribution < -0.4 is 18.9 Å². The summed E-state index contributed by atoms with van der Waals surface area (Å²) in [5.41, 5.74) is 11.5. The van der Waals surface area contributed by atoms with Gasteiger partial charge in [0.25, 0.3) is 0 Å². The number of epoxide rings is 4. The molecule has 16 nitrogen and oxygen atoms in total. The molecule has 0 saturated carbocycles. The Labute approximate surface area is 561 Å². The van der Waals surface area contributed by atoms with Crippen LogP contribution in [0.25, 0.3) is 0 Å². The van der Waals surface area contributed by atoms with Crippen LogP contribution in [0, 0.1) is 0 Å². The molecule has 19 heteroatoms. The maximum atomic E-state index is 8.49. The minimum absolute atomic E-state index is 0.133. The van der Waals surface area contributed by atoms with Crippen molar-refractivity contribution >= 4 is 17.6 Å². The van der Waals surface area contributed by atoms with Gasteiger partial charge in [0.15, 0.2) is 0 Å². The molecule has 4 heterocycles. The summed E-state index contributed by atoms with van der Waals surface area (Å²) in [5.74, 6) is 3.76. The van der Waals surface area contributed by atoms with Gasteiger partial charge in [0.1, 0.15) is 73.8 Å². The van der Waals surface area contributed by atoms with E-state index in [0.29, 0.717) is 66.1 Å². The van der Waals surface area contributed by atoms with E-state index in [0.717, 1.165) is 142 Å². The van der Waals surface area contributed by atoms with Crippen molar-refractivity contribution in [1.82, 2.24) is 0 Å². The van der Waals surface area contributed by atoms with Crippen molar-refractivity contribution in [3.05, 3.63) is 154 Å². The summed E-state index contributed by atoms with van der Waals surface area (Å²) in [6.07, 6.45) is 15.3. The van der Waals surface area contributed by atoms with E-state index in [-0.39, 0.29) is 35.2 Å². The van der Waals surface area contributed by atoms with Gasteiger partial charge in [-0.3, -0.25) is 0 Å². The van der Waals surface area contributed by atoms with Crippen LogP contribution in [0.1, 0.15) is 157 Å². The van der Waals surface area contributed by atoms with E-state index in [1.165, 1.54) is 38.9 Å². The van der Waals surface area contributed by atoms with Crippen LogP contribution in [0.2, 0.25) is 12.1 Å². The van der Waals surface area contributed by atoms with E-state index in [2.05, 4.69) is 115 Å². The Morgan fingerprint density at radius 2 is 0.728 bits per heavy atom. The first-order valence-electron chi connectivity index (χ1n) is 33.6. The van der Waals surface area contributed by atoms with Crippen molar-refractivity contribution in [1.29, 1.82) is 0 Å². The van der Waals surface area contributed by atoms with Crippen LogP contribution in [-0.2, 0) is 120 Å². The number of unbranched alkanes of at least 4 members (excludes halogenated alkanes) is 1. The maximum absolute atomic E-state index is 8.49. The van der Waals surface area contributed by atoms with Gasteiger partial charge in [-0.05, 0) is 167 Å². The molecule has 4 atom stereocenters. The third-order valence-corrected chi connectivity index (χ3v) is 23.0. The first-order valence-corrected chi connectivity index (χ1v) is 39.3. The molecule has 0 amide bonds. The Balaban J connectivity index is 0.000000309. The average Bonchev–Trinajstić information content (AvgIpc) is 1.31. The fourth-order valence-corrected chi connectivity index (χ4v) is 16.6. The molecule has 4 unspecified atom stereocenters. The van der Waals surface area contributed by atoms with Gasteiger partial charge >= 0.3 is 42.9 Å². The average molecular weight is 1490 g/mol. The molecule has 514 valence electrons. The van der Waals surface area contributed by atoms with E-state index >= 15 is 0 Å². The summed E-state index contributed by atoms with van der Waals surface area (Å²) in [6, 6.07) is 24.0. The predicted molar refractivity (Wildman–Crippen MR) is 360 cm³/mol. The SMILES string of the molecule is C=CCc1cc(C(C)(C)c2cc(CC=C)c(OCC3CO3)c(CC=C)c2)ccc1OCC1CO1.CCCCc1cc(C(C)(C)c2cc(CCC[Si](OCC)(OCC)OCC)c(OCC3CO3)c(CCC[Si](OCC)(OCC)OCC)c2)ccc1OCC1CO1.[O]=[Pt]=[O]. The Bertz CT molecular complexity index is 2830. The van der Waals surface area contributed by atoms with Gasteiger partial charge in [0.2, 0.25) is 0 Å².